The van der Waals surface area contributed by atoms with E-state index in [2.05, 4.69) is 5.16 Å². The van der Waals surface area contributed by atoms with E-state index < -0.39 is 0 Å². The molecule has 1 saturated heterocycles. The van der Waals surface area contributed by atoms with Gasteiger partial charge >= 0.3 is 0 Å². The number of rotatable bonds is 3. The Morgan fingerprint density at radius 1 is 1.33 bits per heavy atom. The van der Waals surface area contributed by atoms with Crippen LogP contribution in [0.5, 0.6) is 0 Å². The van der Waals surface area contributed by atoms with Gasteiger partial charge in [0.15, 0.2) is 0 Å². The van der Waals surface area contributed by atoms with Gasteiger partial charge < -0.3 is 4.84 Å². The number of oxime groups is 1. The fourth-order valence-corrected chi connectivity index (χ4v) is 2.55. The Balaban J connectivity index is 1.63. The second kappa shape index (κ2) is 4.17. The van der Waals surface area contributed by atoms with Crippen molar-refractivity contribution in [3.63, 3.8) is 0 Å². The SMILES string of the molecule is C(=N\OC1CCC1)/C1CCSC1. The van der Waals surface area contributed by atoms with Crippen molar-refractivity contribution in [3.05, 3.63) is 0 Å². The molecule has 0 aromatic rings. The minimum Gasteiger partial charge on any atom is -0.393 e. The normalized spacial score (nSPS) is 30.8. The largest absolute Gasteiger partial charge is 0.393 e. The van der Waals surface area contributed by atoms with Crippen molar-refractivity contribution in [1.82, 2.24) is 0 Å². The first-order valence-electron chi connectivity index (χ1n) is 4.72. The highest BCUT2D eigenvalue weighted by Crippen LogP contribution is 2.23. The zero-order chi connectivity index (χ0) is 8.23. The van der Waals surface area contributed by atoms with Gasteiger partial charge in [-0.25, -0.2) is 0 Å². The summed E-state index contributed by atoms with van der Waals surface area (Å²) < 4.78 is 0. The number of thioether (sulfide) groups is 1. The molecule has 2 nitrogen and oxygen atoms in total. The maximum atomic E-state index is 5.30. The summed E-state index contributed by atoms with van der Waals surface area (Å²) in [6.07, 6.45) is 7.45. The highest BCUT2D eigenvalue weighted by molar-refractivity contribution is 7.99. The third-order valence-corrected chi connectivity index (χ3v) is 3.69. The van der Waals surface area contributed by atoms with Crippen molar-refractivity contribution < 1.29 is 4.84 Å². The standard InChI is InChI=1S/C9H15NOS/c1-2-9(3-1)11-10-6-8-4-5-12-7-8/h6,8-9H,1-5,7H2/b10-6+. The Kier molecular flexibility index (Phi) is 2.93. The van der Waals surface area contributed by atoms with Crippen LogP contribution in [0, 0.1) is 5.92 Å². The van der Waals surface area contributed by atoms with Crippen LogP contribution in [0.4, 0.5) is 0 Å². The molecule has 1 aliphatic heterocycles. The minimum absolute atomic E-state index is 0.440. The molecule has 0 aromatic carbocycles. The van der Waals surface area contributed by atoms with Crippen LogP contribution in [0.1, 0.15) is 25.7 Å². The fraction of sp³-hybridized carbons (Fsp3) is 0.889. The summed E-state index contributed by atoms with van der Waals surface area (Å²) in [5.74, 6) is 3.20. The van der Waals surface area contributed by atoms with E-state index in [1.54, 1.807) is 0 Å². The lowest BCUT2D eigenvalue weighted by molar-refractivity contribution is 0.00630. The molecule has 1 heterocycles. The van der Waals surface area contributed by atoms with Crippen molar-refractivity contribution in [2.24, 2.45) is 11.1 Å². The smallest absolute Gasteiger partial charge is 0.127 e. The maximum Gasteiger partial charge on any atom is 0.127 e. The van der Waals surface area contributed by atoms with Gasteiger partial charge in [0, 0.05) is 17.9 Å². The lowest BCUT2D eigenvalue weighted by Crippen LogP contribution is -2.19. The van der Waals surface area contributed by atoms with E-state index in [0.29, 0.717) is 12.0 Å². The third-order valence-electron chi connectivity index (χ3n) is 2.50. The van der Waals surface area contributed by atoms with E-state index in [1.165, 1.54) is 37.2 Å². The van der Waals surface area contributed by atoms with Crippen molar-refractivity contribution in [2.75, 3.05) is 11.5 Å². The summed E-state index contributed by atoms with van der Waals surface area (Å²) in [5.41, 5.74) is 0. The van der Waals surface area contributed by atoms with Crippen LogP contribution < -0.4 is 0 Å². The number of nitrogens with zero attached hydrogens (tertiary/aromatic N) is 1. The molecule has 0 amide bonds. The van der Waals surface area contributed by atoms with Crippen LogP contribution in [0.3, 0.4) is 0 Å². The first kappa shape index (κ1) is 8.42. The second-order valence-corrected chi connectivity index (χ2v) is 4.69. The van der Waals surface area contributed by atoms with Gasteiger partial charge in [0.25, 0.3) is 0 Å². The van der Waals surface area contributed by atoms with Gasteiger partial charge in [-0.1, -0.05) is 5.16 Å². The zero-order valence-electron chi connectivity index (χ0n) is 7.24. The Morgan fingerprint density at radius 2 is 2.25 bits per heavy atom. The molecule has 2 aliphatic rings. The first-order chi connectivity index (χ1) is 5.95. The summed E-state index contributed by atoms with van der Waals surface area (Å²) in [6.45, 7) is 0. The van der Waals surface area contributed by atoms with Crippen LogP contribution in [0.25, 0.3) is 0 Å². The van der Waals surface area contributed by atoms with Crippen molar-refractivity contribution >= 4 is 18.0 Å². The Labute approximate surface area is 77.7 Å². The Bertz CT molecular complexity index is 162. The average molecular weight is 185 g/mol. The van der Waals surface area contributed by atoms with Crippen molar-refractivity contribution in [2.45, 2.75) is 31.8 Å². The van der Waals surface area contributed by atoms with Crippen LogP contribution >= 0.6 is 11.8 Å². The summed E-state index contributed by atoms with van der Waals surface area (Å²) in [4.78, 5) is 5.30. The van der Waals surface area contributed by atoms with Crippen LogP contribution in [-0.2, 0) is 4.84 Å². The molecule has 0 radical (unpaired) electrons. The van der Waals surface area contributed by atoms with Crippen LogP contribution in [0.2, 0.25) is 0 Å². The molecule has 12 heavy (non-hydrogen) atoms. The second-order valence-electron chi connectivity index (χ2n) is 3.54. The summed E-state index contributed by atoms with van der Waals surface area (Å²) in [7, 11) is 0. The maximum absolute atomic E-state index is 5.30. The van der Waals surface area contributed by atoms with E-state index in [1.807, 2.05) is 18.0 Å². The van der Waals surface area contributed by atoms with Gasteiger partial charge in [0.2, 0.25) is 0 Å². The summed E-state index contributed by atoms with van der Waals surface area (Å²) in [6, 6.07) is 0. The highest BCUT2D eigenvalue weighted by Gasteiger charge is 2.19. The molecule has 1 aliphatic carbocycles. The molecule has 2 fully saturated rings. The molecule has 0 spiro atoms. The zero-order valence-corrected chi connectivity index (χ0v) is 8.05. The molecule has 1 saturated carbocycles. The van der Waals surface area contributed by atoms with Crippen LogP contribution in [0.15, 0.2) is 5.16 Å². The third kappa shape index (κ3) is 2.16. The molecular formula is C9H15NOS. The molecule has 0 bridgehead atoms. The lowest BCUT2D eigenvalue weighted by atomic mass is 9.97. The van der Waals surface area contributed by atoms with E-state index in [-0.39, 0.29) is 0 Å². The number of hydrogen-bond acceptors (Lipinski definition) is 3. The van der Waals surface area contributed by atoms with Gasteiger partial charge in [-0.2, -0.15) is 11.8 Å². The Hall–Kier alpha value is -0.180. The highest BCUT2D eigenvalue weighted by atomic mass is 32.2. The monoisotopic (exact) mass is 185 g/mol. The van der Waals surface area contributed by atoms with Gasteiger partial charge in [-0.3, -0.25) is 0 Å². The topological polar surface area (TPSA) is 21.6 Å². The Morgan fingerprint density at radius 3 is 2.83 bits per heavy atom. The molecule has 0 N–H and O–H groups in total. The van der Waals surface area contributed by atoms with Gasteiger partial charge in [-0.15, -0.1) is 0 Å². The molecule has 0 aromatic heterocycles. The molecule has 2 rings (SSSR count). The molecule has 3 heteroatoms. The van der Waals surface area contributed by atoms with Crippen molar-refractivity contribution in [1.29, 1.82) is 0 Å². The summed E-state index contributed by atoms with van der Waals surface area (Å²) in [5, 5.41) is 4.04. The first-order valence-corrected chi connectivity index (χ1v) is 5.87. The van der Waals surface area contributed by atoms with E-state index in [0.717, 1.165) is 0 Å². The van der Waals surface area contributed by atoms with Crippen molar-refractivity contribution in [3.8, 4) is 0 Å². The predicted octanol–water partition coefficient (Wildman–Crippen LogP) is 2.29. The summed E-state index contributed by atoms with van der Waals surface area (Å²) >= 11 is 2.01. The molecule has 68 valence electrons. The van der Waals surface area contributed by atoms with Gasteiger partial charge in [-0.05, 0) is 31.4 Å². The number of hydrogen-bond donors (Lipinski definition) is 0. The molecule has 1 unspecified atom stereocenters. The molecule has 1 atom stereocenters. The van der Waals surface area contributed by atoms with Gasteiger partial charge in [0.1, 0.15) is 6.10 Å². The van der Waals surface area contributed by atoms with Gasteiger partial charge in [0.05, 0.1) is 0 Å². The van der Waals surface area contributed by atoms with E-state index in [4.69, 9.17) is 4.84 Å². The lowest BCUT2D eigenvalue weighted by Gasteiger charge is -2.22. The molecular weight excluding hydrogens is 170 g/mol. The fourth-order valence-electron chi connectivity index (χ4n) is 1.35. The predicted molar refractivity (Wildman–Crippen MR) is 52.6 cm³/mol. The van der Waals surface area contributed by atoms with E-state index >= 15 is 0 Å². The van der Waals surface area contributed by atoms with E-state index in [9.17, 15) is 0 Å². The quantitative estimate of drug-likeness (QED) is 0.497. The average Bonchev–Trinajstić information content (AvgIpc) is 2.46. The van der Waals surface area contributed by atoms with Crippen LogP contribution in [-0.4, -0.2) is 23.8 Å². The minimum atomic E-state index is 0.440.